The lowest BCUT2D eigenvalue weighted by Crippen LogP contribution is -2.40. The van der Waals surface area contributed by atoms with Crippen molar-refractivity contribution in [1.82, 2.24) is 10.3 Å². The number of pyridine rings is 1. The van der Waals surface area contributed by atoms with Crippen LogP contribution in [0.25, 0.3) is 0 Å². The Labute approximate surface area is 185 Å². The van der Waals surface area contributed by atoms with Gasteiger partial charge in [0.2, 0.25) is 5.91 Å². The van der Waals surface area contributed by atoms with Gasteiger partial charge in [-0.05, 0) is 43.5 Å². The fourth-order valence-corrected chi connectivity index (χ4v) is 3.73. The number of anilines is 1. The van der Waals surface area contributed by atoms with E-state index in [9.17, 15) is 29.3 Å². The number of aliphatic hydroxyl groups excluding tert-OH is 2. The number of hydrogen-bond acceptors (Lipinski definition) is 6. The van der Waals surface area contributed by atoms with Crippen LogP contribution in [0, 0.1) is 5.82 Å². The number of rotatable bonds is 7. The van der Waals surface area contributed by atoms with Gasteiger partial charge in [-0.1, -0.05) is 13.8 Å². The number of phenols is 1. The van der Waals surface area contributed by atoms with E-state index in [4.69, 9.17) is 0 Å². The molecule has 3 rings (SSSR count). The van der Waals surface area contributed by atoms with Gasteiger partial charge >= 0.3 is 0 Å². The number of halogens is 1. The summed E-state index contributed by atoms with van der Waals surface area (Å²) in [6, 6.07) is 4.88. The molecule has 172 valence electrons. The zero-order valence-corrected chi connectivity index (χ0v) is 18.1. The highest BCUT2D eigenvalue weighted by molar-refractivity contribution is 5.96. The van der Waals surface area contributed by atoms with Crippen molar-refractivity contribution in [2.75, 3.05) is 11.9 Å². The standard InChI is InChI=1S/C23H28FN3O5/c1-23(2,12-28)15-11-16(24)13(8-20(15)30)9-21(31)26-14-6-7-25-18(10-14)22(32)27-17-4-3-5-19(17)29/h6-8,10-11,17,19,28-30H,3-5,9,12H2,1-2H3,(H,27,32)(H,25,26,31)/t17-,19-/m0/s1. The van der Waals surface area contributed by atoms with E-state index in [0.717, 1.165) is 12.5 Å². The molecule has 1 aliphatic rings. The molecule has 1 saturated carbocycles. The fourth-order valence-electron chi connectivity index (χ4n) is 3.73. The largest absolute Gasteiger partial charge is 0.508 e. The van der Waals surface area contributed by atoms with Crippen LogP contribution >= 0.6 is 0 Å². The van der Waals surface area contributed by atoms with Crippen molar-refractivity contribution >= 4 is 17.5 Å². The number of phenolic OH excluding ortho intramolecular Hbond substituents is 1. The second-order valence-corrected chi connectivity index (χ2v) is 8.74. The molecule has 9 heteroatoms. The quantitative estimate of drug-likeness (QED) is 0.443. The molecule has 0 bridgehead atoms. The van der Waals surface area contributed by atoms with Gasteiger partial charge in [0.25, 0.3) is 5.91 Å². The SMILES string of the molecule is CC(C)(CO)c1cc(F)c(CC(=O)Nc2ccnc(C(=O)N[C@H]3CCC[C@@H]3O)c2)cc1O. The third-order valence-electron chi connectivity index (χ3n) is 5.71. The minimum atomic E-state index is -0.839. The third kappa shape index (κ3) is 5.41. The first-order valence-corrected chi connectivity index (χ1v) is 10.5. The maximum absolute atomic E-state index is 14.5. The van der Waals surface area contributed by atoms with Gasteiger partial charge in [0, 0.05) is 28.4 Å². The van der Waals surface area contributed by atoms with Crippen LogP contribution in [0.4, 0.5) is 10.1 Å². The summed E-state index contributed by atoms with van der Waals surface area (Å²) in [6.07, 6.45) is 2.61. The Morgan fingerprint density at radius 2 is 2.00 bits per heavy atom. The first-order valence-electron chi connectivity index (χ1n) is 10.5. The maximum Gasteiger partial charge on any atom is 0.270 e. The summed E-state index contributed by atoms with van der Waals surface area (Å²) in [5.74, 6) is -1.86. The van der Waals surface area contributed by atoms with Gasteiger partial charge in [0.05, 0.1) is 25.2 Å². The number of benzene rings is 1. The van der Waals surface area contributed by atoms with Crippen molar-refractivity contribution in [3.63, 3.8) is 0 Å². The Balaban J connectivity index is 1.67. The Hall–Kier alpha value is -3.04. The van der Waals surface area contributed by atoms with Crippen LogP contribution in [0.3, 0.4) is 0 Å². The Morgan fingerprint density at radius 1 is 1.25 bits per heavy atom. The van der Waals surface area contributed by atoms with E-state index in [1.807, 2.05) is 0 Å². The molecule has 1 aliphatic carbocycles. The second-order valence-electron chi connectivity index (χ2n) is 8.74. The normalized spacial score (nSPS) is 18.4. The van der Waals surface area contributed by atoms with Crippen LogP contribution < -0.4 is 10.6 Å². The molecule has 1 aromatic carbocycles. The molecule has 8 nitrogen and oxygen atoms in total. The summed E-state index contributed by atoms with van der Waals surface area (Å²) < 4.78 is 14.5. The van der Waals surface area contributed by atoms with Gasteiger partial charge < -0.3 is 26.0 Å². The Morgan fingerprint density at radius 3 is 2.66 bits per heavy atom. The molecule has 32 heavy (non-hydrogen) atoms. The smallest absolute Gasteiger partial charge is 0.270 e. The highest BCUT2D eigenvalue weighted by atomic mass is 19.1. The van der Waals surface area contributed by atoms with Gasteiger partial charge in [-0.3, -0.25) is 14.6 Å². The predicted molar refractivity (Wildman–Crippen MR) is 116 cm³/mol. The number of amides is 2. The number of aliphatic hydroxyl groups is 2. The molecule has 2 aromatic rings. The fraction of sp³-hybridized carbons (Fsp3) is 0.435. The van der Waals surface area contributed by atoms with Crippen LogP contribution in [0.1, 0.15) is 54.7 Å². The molecular formula is C23H28FN3O5. The number of aromatic nitrogens is 1. The second kappa shape index (κ2) is 9.62. The molecule has 5 N–H and O–H groups in total. The first-order chi connectivity index (χ1) is 15.1. The lowest BCUT2D eigenvalue weighted by Gasteiger charge is -2.24. The molecule has 1 fully saturated rings. The molecular weight excluding hydrogens is 417 g/mol. The molecule has 0 spiro atoms. The van der Waals surface area contributed by atoms with E-state index in [0.29, 0.717) is 18.5 Å². The molecule has 1 heterocycles. The van der Waals surface area contributed by atoms with E-state index in [1.54, 1.807) is 13.8 Å². The lowest BCUT2D eigenvalue weighted by atomic mass is 9.84. The molecule has 0 radical (unpaired) electrons. The number of hydrogen-bond donors (Lipinski definition) is 5. The molecule has 0 unspecified atom stereocenters. The van der Waals surface area contributed by atoms with Crippen LogP contribution in [-0.2, 0) is 16.6 Å². The molecule has 0 aliphatic heterocycles. The number of aromatic hydroxyl groups is 1. The van der Waals surface area contributed by atoms with Crippen molar-refractivity contribution in [1.29, 1.82) is 0 Å². The number of carbonyl (C=O) groups excluding carboxylic acids is 2. The Bertz CT molecular complexity index is 1010. The number of carbonyl (C=O) groups is 2. The van der Waals surface area contributed by atoms with Crippen molar-refractivity contribution in [3.8, 4) is 5.75 Å². The van der Waals surface area contributed by atoms with Gasteiger partial charge in [-0.2, -0.15) is 0 Å². The third-order valence-corrected chi connectivity index (χ3v) is 5.71. The molecule has 0 saturated heterocycles. The van der Waals surface area contributed by atoms with Crippen LogP contribution in [0.15, 0.2) is 30.5 Å². The van der Waals surface area contributed by atoms with Gasteiger partial charge in [-0.15, -0.1) is 0 Å². The topological polar surface area (TPSA) is 132 Å². The highest BCUT2D eigenvalue weighted by Crippen LogP contribution is 2.33. The molecule has 2 amide bonds. The molecule has 2 atom stereocenters. The first kappa shape index (κ1) is 23.6. The van der Waals surface area contributed by atoms with Crippen LogP contribution in [0.2, 0.25) is 0 Å². The summed E-state index contributed by atoms with van der Waals surface area (Å²) >= 11 is 0. The van der Waals surface area contributed by atoms with Crippen LogP contribution in [-0.4, -0.2) is 50.9 Å². The summed E-state index contributed by atoms with van der Waals surface area (Å²) in [4.78, 5) is 28.8. The zero-order valence-electron chi connectivity index (χ0n) is 18.1. The Kier molecular flexibility index (Phi) is 7.10. The van der Waals surface area contributed by atoms with Crippen LogP contribution in [0.5, 0.6) is 5.75 Å². The summed E-state index contributed by atoms with van der Waals surface area (Å²) in [6.45, 7) is 3.05. The predicted octanol–water partition coefficient (Wildman–Crippen LogP) is 2.02. The number of nitrogens with one attached hydrogen (secondary N) is 2. The van der Waals surface area contributed by atoms with E-state index in [1.165, 1.54) is 24.4 Å². The molecule has 1 aromatic heterocycles. The number of nitrogens with zero attached hydrogens (tertiary/aromatic N) is 1. The summed E-state index contributed by atoms with van der Waals surface area (Å²) in [5.41, 5.74) is -0.196. The van der Waals surface area contributed by atoms with E-state index < -0.39 is 29.2 Å². The van der Waals surface area contributed by atoms with Gasteiger partial charge in [0.15, 0.2) is 0 Å². The minimum absolute atomic E-state index is 0.000247. The van der Waals surface area contributed by atoms with E-state index >= 15 is 0 Å². The maximum atomic E-state index is 14.5. The highest BCUT2D eigenvalue weighted by Gasteiger charge is 2.27. The minimum Gasteiger partial charge on any atom is -0.508 e. The average molecular weight is 445 g/mol. The summed E-state index contributed by atoms with van der Waals surface area (Å²) in [7, 11) is 0. The van der Waals surface area contributed by atoms with E-state index in [2.05, 4.69) is 15.6 Å². The zero-order chi connectivity index (χ0) is 23.5. The van der Waals surface area contributed by atoms with Crippen molar-refractivity contribution in [2.45, 2.75) is 57.1 Å². The van der Waals surface area contributed by atoms with Gasteiger partial charge in [-0.25, -0.2) is 4.39 Å². The van der Waals surface area contributed by atoms with Crippen molar-refractivity contribution in [3.05, 3.63) is 53.1 Å². The average Bonchev–Trinajstić information content (AvgIpc) is 3.14. The monoisotopic (exact) mass is 445 g/mol. The summed E-state index contributed by atoms with van der Waals surface area (Å²) in [5, 5.41) is 34.9. The lowest BCUT2D eigenvalue weighted by molar-refractivity contribution is -0.115. The van der Waals surface area contributed by atoms with Gasteiger partial charge in [0.1, 0.15) is 17.3 Å². The van der Waals surface area contributed by atoms with Crippen molar-refractivity contribution < 1.29 is 29.3 Å². The van der Waals surface area contributed by atoms with E-state index in [-0.39, 0.29) is 41.6 Å². The van der Waals surface area contributed by atoms with Crippen molar-refractivity contribution in [2.24, 2.45) is 0 Å².